The average Bonchev–Trinajstić information content (AvgIpc) is 3.34. The lowest BCUT2D eigenvalue weighted by atomic mass is 9.86. The predicted molar refractivity (Wildman–Crippen MR) is 264 cm³/mol. The Morgan fingerprint density at radius 1 is 0.627 bits per heavy atom. The summed E-state index contributed by atoms with van der Waals surface area (Å²) >= 11 is 0. The molecule has 0 radical (unpaired) electrons. The smallest absolute Gasteiger partial charge is 0.216 e. The van der Waals surface area contributed by atoms with Crippen LogP contribution in [0.3, 0.4) is 0 Å². The van der Waals surface area contributed by atoms with Gasteiger partial charge in [-0.05, 0) is 155 Å². The Labute approximate surface area is 397 Å². The van der Waals surface area contributed by atoms with Gasteiger partial charge in [-0.15, -0.1) is 0 Å². The van der Waals surface area contributed by atoms with E-state index in [-0.39, 0.29) is 17.5 Å². The van der Waals surface area contributed by atoms with Gasteiger partial charge in [-0.2, -0.15) is 0 Å². The van der Waals surface area contributed by atoms with Crippen LogP contribution >= 0.6 is 0 Å². The van der Waals surface area contributed by atoms with E-state index in [0.717, 1.165) is 81.4 Å². The standard InChI is InChI=1S/C28H38FN3O3.C26H36FN3O2/c1-19-20(2)27(35-16-6-13-30-21(3)33)12-10-24(19)26-8-5-7-23-18-31(14-15-32(23)26)22-9-11-25(29)28(17-22)34-4;1-18-19(2)25(32-15-5-12-28)11-9-22(18)24-7-4-6-21-17-29(13-14-30(21)24)20-8-10-23(27)26(16-20)31-3/h9-12,17,23,26H,5-8,13-16,18H2,1-4H3,(H,30,33);8-11,16,21,24H,4-7,12-15,17,28H2,1-3H3/t23-,26?;21-,24?/m00/s1. The van der Waals surface area contributed by atoms with Crippen molar-refractivity contribution in [2.24, 2.45) is 5.73 Å². The molecule has 13 heteroatoms. The van der Waals surface area contributed by atoms with Crippen LogP contribution in [0, 0.1) is 39.3 Å². The van der Waals surface area contributed by atoms with Gasteiger partial charge in [-0.1, -0.05) is 12.1 Å². The molecule has 4 aliphatic heterocycles. The van der Waals surface area contributed by atoms with Crippen molar-refractivity contribution < 1.29 is 32.5 Å². The molecule has 4 aromatic rings. The minimum absolute atomic E-state index is 0.00890. The number of halogens is 2. The van der Waals surface area contributed by atoms with E-state index in [1.165, 1.54) is 98.8 Å². The Balaban J connectivity index is 0.000000200. The van der Waals surface area contributed by atoms with Crippen molar-refractivity contribution in [2.45, 2.75) is 110 Å². The molecule has 4 aromatic carbocycles. The number of amides is 1. The molecule has 0 aromatic heterocycles. The van der Waals surface area contributed by atoms with E-state index in [1.54, 1.807) is 0 Å². The number of fused-ring (bicyclic) bond motifs is 2. The molecule has 4 heterocycles. The van der Waals surface area contributed by atoms with Crippen molar-refractivity contribution >= 4 is 17.3 Å². The number of rotatable bonds is 15. The van der Waals surface area contributed by atoms with Crippen LogP contribution in [0.4, 0.5) is 20.2 Å². The molecule has 0 bridgehead atoms. The lowest BCUT2D eigenvalue weighted by molar-refractivity contribution is -0.118. The maximum atomic E-state index is 13.9. The average molecular weight is 925 g/mol. The molecule has 364 valence electrons. The van der Waals surface area contributed by atoms with E-state index in [1.807, 2.05) is 24.3 Å². The van der Waals surface area contributed by atoms with Crippen molar-refractivity contribution in [1.29, 1.82) is 0 Å². The predicted octanol–water partition coefficient (Wildman–Crippen LogP) is 9.37. The quantitative estimate of drug-likeness (QED) is 0.112. The van der Waals surface area contributed by atoms with Gasteiger partial charge in [0.15, 0.2) is 23.1 Å². The number of carbonyl (C=O) groups excluding carboxylic acids is 1. The number of nitrogens with zero attached hydrogens (tertiary/aromatic N) is 4. The summed E-state index contributed by atoms with van der Waals surface area (Å²) in [5.41, 5.74) is 15.6. The summed E-state index contributed by atoms with van der Waals surface area (Å²) < 4.78 is 50.1. The zero-order valence-electron chi connectivity index (χ0n) is 41.0. The zero-order chi connectivity index (χ0) is 47.6. The molecule has 8 rings (SSSR count). The highest BCUT2D eigenvalue weighted by Gasteiger charge is 2.38. The second kappa shape index (κ2) is 23.3. The molecule has 3 N–H and O–H groups in total. The molecule has 0 aliphatic carbocycles. The van der Waals surface area contributed by atoms with Crippen LogP contribution in [-0.4, -0.2) is 108 Å². The SMILES string of the molecule is COc1cc(N2CCN3C(c4ccc(OCCCN)c(C)c4C)CCC[C@H]3C2)ccc1F.COc1cc(N2CCN3C(c4ccc(OCCCNC(C)=O)c(C)c4C)CCC[C@H]3C2)ccc1F. The number of hydrogen-bond donors (Lipinski definition) is 2. The third-order valence-corrected chi connectivity index (χ3v) is 14.7. The summed E-state index contributed by atoms with van der Waals surface area (Å²) in [7, 11) is 3.03. The fourth-order valence-corrected chi connectivity index (χ4v) is 10.8. The van der Waals surface area contributed by atoms with Gasteiger partial charge in [0.1, 0.15) is 11.5 Å². The Hall–Kier alpha value is -5.11. The summed E-state index contributed by atoms with van der Waals surface area (Å²) in [4.78, 5) is 21.1. The van der Waals surface area contributed by atoms with E-state index < -0.39 is 0 Å². The number of anilines is 2. The first kappa shape index (κ1) is 49.8. The highest BCUT2D eigenvalue weighted by Crippen LogP contribution is 2.42. The third-order valence-electron chi connectivity index (χ3n) is 14.7. The summed E-state index contributed by atoms with van der Waals surface area (Å²) in [5.74, 6) is 1.87. The molecule has 4 fully saturated rings. The Morgan fingerprint density at radius 3 is 1.52 bits per heavy atom. The first-order valence-corrected chi connectivity index (χ1v) is 24.5. The molecular formula is C54H74F2N6O5. The Bertz CT molecular complexity index is 2300. The molecular weight excluding hydrogens is 851 g/mol. The van der Waals surface area contributed by atoms with E-state index in [9.17, 15) is 13.6 Å². The normalized spacial score (nSPS) is 20.8. The number of methoxy groups -OCH3 is 2. The number of nitrogens with two attached hydrogens (primary N) is 1. The van der Waals surface area contributed by atoms with E-state index in [2.05, 4.69) is 76.9 Å². The van der Waals surface area contributed by atoms with E-state index in [4.69, 9.17) is 24.7 Å². The molecule has 11 nitrogen and oxygen atoms in total. The first-order chi connectivity index (χ1) is 32.4. The molecule has 0 saturated carbocycles. The van der Waals surface area contributed by atoms with Gasteiger partial charge in [0.25, 0.3) is 0 Å². The third kappa shape index (κ3) is 11.8. The second-order valence-corrected chi connectivity index (χ2v) is 18.7. The van der Waals surface area contributed by atoms with Gasteiger partial charge in [0.2, 0.25) is 5.91 Å². The summed E-state index contributed by atoms with van der Waals surface area (Å²) in [6.07, 6.45) is 8.81. The van der Waals surface area contributed by atoms with Crippen LogP contribution in [-0.2, 0) is 4.79 Å². The van der Waals surface area contributed by atoms with Crippen LogP contribution < -0.4 is 39.8 Å². The monoisotopic (exact) mass is 925 g/mol. The topological polar surface area (TPSA) is 105 Å². The Kier molecular flexibility index (Phi) is 17.3. The number of piperidine rings is 2. The molecule has 0 spiro atoms. The number of ether oxygens (including phenoxy) is 4. The molecule has 2 unspecified atom stereocenters. The Morgan fingerprint density at radius 2 is 1.09 bits per heavy atom. The van der Waals surface area contributed by atoms with Crippen molar-refractivity contribution in [3.63, 3.8) is 0 Å². The minimum Gasteiger partial charge on any atom is -0.494 e. The number of hydrogen-bond acceptors (Lipinski definition) is 10. The van der Waals surface area contributed by atoms with E-state index >= 15 is 0 Å². The van der Waals surface area contributed by atoms with Crippen LogP contribution in [0.5, 0.6) is 23.0 Å². The highest BCUT2D eigenvalue weighted by molar-refractivity contribution is 5.72. The maximum Gasteiger partial charge on any atom is 0.216 e. The highest BCUT2D eigenvalue weighted by atomic mass is 19.1. The fourth-order valence-electron chi connectivity index (χ4n) is 10.8. The number of carbonyl (C=O) groups is 1. The first-order valence-electron chi connectivity index (χ1n) is 24.5. The van der Waals surface area contributed by atoms with Crippen LogP contribution in [0.15, 0.2) is 60.7 Å². The summed E-state index contributed by atoms with van der Waals surface area (Å²) in [5, 5.41) is 2.81. The van der Waals surface area contributed by atoms with Crippen molar-refractivity contribution in [3.05, 3.63) is 106 Å². The molecule has 4 saturated heterocycles. The molecule has 4 atom stereocenters. The van der Waals surface area contributed by atoms with E-state index in [0.29, 0.717) is 62.0 Å². The molecule has 4 aliphatic rings. The summed E-state index contributed by atoms with van der Waals surface area (Å²) in [6, 6.07) is 21.0. The number of piperazine rings is 2. The van der Waals surface area contributed by atoms with Gasteiger partial charge in [0, 0.05) is 100 Å². The largest absolute Gasteiger partial charge is 0.494 e. The molecule has 67 heavy (non-hydrogen) atoms. The van der Waals surface area contributed by atoms with Gasteiger partial charge in [0.05, 0.1) is 27.4 Å². The molecule has 1 amide bonds. The van der Waals surface area contributed by atoms with Crippen LogP contribution in [0.2, 0.25) is 0 Å². The lowest BCUT2D eigenvalue weighted by Gasteiger charge is -2.49. The van der Waals surface area contributed by atoms with Gasteiger partial charge in [-0.3, -0.25) is 14.6 Å². The van der Waals surface area contributed by atoms with Crippen LogP contribution in [0.1, 0.15) is 104 Å². The summed E-state index contributed by atoms with van der Waals surface area (Å²) in [6.45, 7) is 18.5. The van der Waals surface area contributed by atoms with Crippen molar-refractivity contribution in [1.82, 2.24) is 15.1 Å². The van der Waals surface area contributed by atoms with Gasteiger partial charge < -0.3 is 39.8 Å². The maximum absolute atomic E-state index is 13.9. The lowest BCUT2D eigenvalue weighted by Crippen LogP contribution is -2.56. The zero-order valence-corrected chi connectivity index (χ0v) is 41.0. The van der Waals surface area contributed by atoms with Crippen molar-refractivity contribution in [2.75, 3.05) is 89.6 Å². The van der Waals surface area contributed by atoms with Crippen LogP contribution in [0.25, 0.3) is 0 Å². The van der Waals surface area contributed by atoms with Gasteiger partial charge >= 0.3 is 0 Å². The number of nitrogens with one attached hydrogen (secondary N) is 1. The van der Waals surface area contributed by atoms with Crippen molar-refractivity contribution in [3.8, 4) is 23.0 Å². The number of benzene rings is 4. The fraction of sp³-hybridized carbons (Fsp3) is 0.537. The van der Waals surface area contributed by atoms with Gasteiger partial charge in [-0.25, -0.2) is 8.78 Å². The minimum atomic E-state index is -0.321. The second-order valence-electron chi connectivity index (χ2n) is 18.7.